The van der Waals surface area contributed by atoms with Gasteiger partial charge in [-0.3, -0.25) is 4.79 Å². The average Bonchev–Trinajstić information content (AvgIpc) is 2.27. The number of carbonyl (C=O) groups is 1. The van der Waals surface area contributed by atoms with Gasteiger partial charge >= 0.3 is 0 Å². The minimum Gasteiger partial charge on any atom is -0.389 e. The zero-order valence-electron chi connectivity index (χ0n) is 8.47. The Morgan fingerprint density at radius 2 is 2.07 bits per heavy atom. The van der Waals surface area contributed by atoms with Crippen molar-refractivity contribution in [3.05, 3.63) is 54.6 Å². The number of benzene rings is 1. The Labute approximate surface area is 89.6 Å². The van der Waals surface area contributed by atoms with Crippen LogP contribution in [-0.2, 0) is 4.79 Å². The Morgan fingerprint density at radius 1 is 1.40 bits per heavy atom. The highest BCUT2D eigenvalue weighted by molar-refractivity contribution is 5.93. The molecule has 15 heavy (non-hydrogen) atoms. The summed E-state index contributed by atoms with van der Waals surface area (Å²) in [6.07, 6.45) is 3.90. The van der Waals surface area contributed by atoms with Crippen LogP contribution >= 0.6 is 0 Å². The predicted octanol–water partition coefficient (Wildman–Crippen LogP) is 2.21. The summed E-state index contributed by atoms with van der Waals surface area (Å²) in [6.45, 7) is 3.41. The fraction of sp³-hybridized carbons (Fsp3) is 0.154. The van der Waals surface area contributed by atoms with Gasteiger partial charge in [-0.05, 0) is 11.6 Å². The van der Waals surface area contributed by atoms with E-state index in [2.05, 4.69) is 6.58 Å². The number of hydrogen-bond donors (Lipinski definition) is 1. The monoisotopic (exact) mass is 202 g/mol. The van der Waals surface area contributed by atoms with Crippen LogP contribution in [0.3, 0.4) is 0 Å². The van der Waals surface area contributed by atoms with Gasteiger partial charge < -0.3 is 5.11 Å². The van der Waals surface area contributed by atoms with Crippen LogP contribution in [0.2, 0.25) is 0 Å². The molecule has 0 aliphatic rings. The largest absolute Gasteiger partial charge is 0.389 e. The zero-order valence-corrected chi connectivity index (χ0v) is 8.47. The standard InChI is InChI=1S/C13H14O2/c1-2-12(14)10-13(15)9-8-11-6-4-3-5-7-11/h2-9,12,14H,1,10H2/b9-8+/t12-/m0/s1. The minimum absolute atomic E-state index is 0.0901. The number of aliphatic hydroxyl groups excluding tert-OH is 1. The summed E-state index contributed by atoms with van der Waals surface area (Å²) in [6, 6.07) is 9.55. The Kier molecular flexibility index (Phi) is 4.51. The van der Waals surface area contributed by atoms with E-state index in [4.69, 9.17) is 5.11 Å². The quantitative estimate of drug-likeness (QED) is 0.587. The average molecular weight is 202 g/mol. The Morgan fingerprint density at radius 3 is 2.67 bits per heavy atom. The molecule has 1 aromatic rings. The van der Waals surface area contributed by atoms with E-state index >= 15 is 0 Å². The summed E-state index contributed by atoms with van der Waals surface area (Å²) in [5.74, 6) is -0.105. The van der Waals surface area contributed by atoms with E-state index in [1.807, 2.05) is 30.3 Å². The Hall–Kier alpha value is -1.67. The molecular formula is C13H14O2. The van der Waals surface area contributed by atoms with Crippen molar-refractivity contribution in [2.45, 2.75) is 12.5 Å². The summed E-state index contributed by atoms with van der Waals surface area (Å²) >= 11 is 0. The molecule has 0 spiro atoms. The number of hydrogen-bond acceptors (Lipinski definition) is 2. The lowest BCUT2D eigenvalue weighted by atomic mass is 10.1. The summed E-state index contributed by atoms with van der Waals surface area (Å²) in [4.78, 5) is 11.3. The highest BCUT2D eigenvalue weighted by Crippen LogP contribution is 2.02. The topological polar surface area (TPSA) is 37.3 Å². The molecule has 1 N–H and O–H groups in total. The first-order chi connectivity index (χ1) is 7.22. The second-order valence-corrected chi connectivity index (χ2v) is 3.22. The van der Waals surface area contributed by atoms with Gasteiger partial charge in [-0.25, -0.2) is 0 Å². The van der Waals surface area contributed by atoms with Crippen molar-refractivity contribution >= 4 is 11.9 Å². The van der Waals surface area contributed by atoms with Crippen molar-refractivity contribution in [3.8, 4) is 0 Å². The van der Waals surface area contributed by atoms with Crippen LogP contribution in [0.1, 0.15) is 12.0 Å². The molecule has 1 rings (SSSR count). The van der Waals surface area contributed by atoms with E-state index in [9.17, 15) is 4.79 Å². The van der Waals surface area contributed by atoms with E-state index in [0.29, 0.717) is 0 Å². The Bertz CT molecular complexity index is 352. The van der Waals surface area contributed by atoms with Gasteiger partial charge in [-0.15, -0.1) is 6.58 Å². The molecule has 0 aromatic heterocycles. The predicted molar refractivity (Wildman–Crippen MR) is 61.3 cm³/mol. The van der Waals surface area contributed by atoms with E-state index in [1.165, 1.54) is 12.2 Å². The van der Waals surface area contributed by atoms with Gasteiger partial charge in [0.25, 0.3) is 0 Å². The van der Waals surface area contributed by atoms with Crippen LogP contribution in [0.5, 0.6) is 0 Å². The number of ketones is 1. The fourth-order valence-electron chi connectivity index (χ4n) is 1.11. The lowest BCUT2D eigenvalue weighted by Crippen LogP contribution is -2.07. The molecule has 0 saturated carbocycles. The highest BCUT2D eigenvalue weighted by Gasteiger charge is 2.03. The number of carbonyl (C=O) groups excluding carboxylic acids is 1. The lowest BCUT2D eigenvalue weighted by Gasteiger charge is -1.99. The first-order valence-electron chi connectivity index (χ1n) is 4.79. The molecule has 78 valence electrons. The van der Waals surface area contributed by atoms with E-state index < -0.39 is 6.10 Å². The second-order valence-electron chi connectivity index (χ2n) is 3.22. The summed E-state index contributed by atoms with van der Waals surface area (Å²) in [7, 11) is 0. The fourth-order valence-corrected chi connectivity index (χ4v) is 1.11. The van der Waals surface area contributed by atoms with Crippen molar-refractivity contribution < 1.29 is 9.90 Å². The molecule has 0 saturated heterocycles. The lowest BCUT2D eigenvalue weighted by molar-refractivity contribution is -0.115. The van der Waals surface area contributed by atoms with Gasteiger partial charge in [-0.1, -0.05) is 42.5 Å². The number of rotatable bonds is 5. The third-order valence-corrected chi connectivity index (χ3v) is 1.94. The minimum atomic E-state index is -0.752. The van der Waals surface area contributed by atoms with Gasteiger partial charge in [0.15, 0.2) is 5.78 Å². The smallest absolute Gasteiger partial charge is 0.158 e. The van der Waals surface area contributed by atoms with Crippen LogP contribution in [0.15, 0.2) is 49.1 Å². The maximum absolute atomic E-state index is 11.3. The van der Waals surface area contributed by atoms with Crippen LogP contribution in [0, 0.1) is 0 Å². The van der Waals surface area contributed by atoms with E-state index in [1.54, 1.807) is 6.08 Å². The normalized spacial score (nSPS) is 12.6. The molecular weight excluding hydrogens is 188 g/mol. The Balaban J connectivity index is 2.51. The molecule has 1 aromatic carbocycles. The maximum Gasteiger partial charge on any atom is 0.158 e. The van der Waals surface area contributed by atoms with E-state index in [0.717, 1.165) is 5.56 Å². The third-order valence-electron chi connectivity index (χ3n) is 1.94. The summed E-state index contributed by atoms with van der Waals surface area (Å²) in [5.41, 5.74) is 0.971. The highest BCUT2D eigenvalue weighted by atomic mass is 16.3. The molecule has 0 unspecified atom stereocenters. The van der Waals surface area contributed by atoms with Crippen LogP contribution in [0.25, 0.3) is 6.08 Å². The third kappa shape index (κ3) is 4.38. The number of allylic oxidation sites excluding steroid dienone is 1. The molecule has 2 nitrogen and oxygen atoms in total. The van der Waals surface area contributed by atoms with Crippen molar-refractivity contribution in [2.75, 3.05) is 0 Å². The van der Waals surface area contributed by atoms with Gasteiger partial charge in [0.1, 0.15) is 0 Å². The molecule has 0 radical (unpaired) electrons. The molecule has 0 fully saturated rings. The van der Waals surface area contributed by atoms with Gasteiger partial charge in [0, 0.05) is 6.42 Å². The van der Waals surface area contributed by atoms with Gasteiger partial charge in [0.05, 0.1) is 6.10 Å². The van der Waals surface area contributed by atoms with Gasteiger partial charge in [0.2, 0.25) is 0 Å². The second kappa shape index (κ2) is 5.94. The number of aliphatic hydroxyl groups is 1. The van der Waals surface area contributed by atoms with E-state index in [-0.39, 0.29) is 12.2 Å². The zero-order chi connectivity index (χ0) is 11.1. The van der Waals surface area contributed by atoms with Crippen molar-refractivity contribution in [3.63, 3.8) is 0 Å². The molecule has 1 atom stereocenters. The SMILES string of the molecule is C=C[C@H](O)CC(=O)/C=C/c1ccccc1. The first kappa shape index (κ1) is 11.4. The summed E-state index contributed by atoms with van der Waals surface area (Å²) < 4.78 is 0. The van der Waals surface area contributed by atoms with Crippen LogP contribution < -0.4 is 0 Å². The molecule has 0 amide bonds. The van der Waals surface area contributed by atoms with Crippen LogP contribution in [0.4, 0.5) is 0 Å². The van der Waals surface area contributed by atoms with Crippen molar-refractivity contribution in [2.24, 2.45) is 0 Å². The maximum atomic E-state index is 11.3. The van der Waals surface area contributed by atoms with Crippen molar-refractivity contribution in [1.82, 2.24) is 0 Å². The summed E-state index contributed by atoms with van der Waals surface area (Å²) in [5, 5.41) is 9.15. The van der Waals surface area contributed by atoms with Crippen molar-refractivity contribution in [1.29, 1.82) is 0 Å². The van der Waals surface area contributed by atoms with Crippen LogP contribution in [-0.4, -0.2) is 17.0 Å². The molecule has 0 aliphatic carbocycles. The molecule has 0 bridgehead atoms. The molecule has 0 aliphatic heterocycles. The van der Waals surface area contributed by atoms with Gasteiger partial charge in [-0.2, -0.15) is 0 Å². The molecule has 2 heteroatoms. The first-order valence-corrected chi connectivity index (χ1v) is 4.79. The molecule has 0 heterocycles.